The summed E-state index contributed by atoms with van der Waals surface area (Å²) in [7, 11) is 0. The minimum atomic E-state index is -0.593. The van der Waals surface area contributed by atoms with Gasteiger partial charge >= 0.3 is 0 Å². The third-order valence-electron chi connectivity index (χ3n) is 4.13. The van der Waals surface area contributed by atoms with Crippen LogP contribution in [0.3, 0.4) is 0 Å². The molecule has 0 saturated carbocycles. The van der Waals surface area contributed by atoms with Gasteiger partial charge in [0.2, 0.25) is 0 Å². The van der Waals surface area contributed by atoms with Crippen LogP contribution in [0.4, 0.5) is 0 Å². The molecule has 3 aromatic rings. The number of carbonyl (C=O) groups excluding carboxylic acids is 1. The van der Waals surface area contributed by atoms with Crippen molar-refractivity contribution in [3.63, 3.8) is 0 Å². The number of fused-ring (bicyclic) bond motifs is 1. The van der Waals surface area contributed by atoms with Gasteiger partial charge in [-0.15, -0.1) is 0 Å². The van der Waals surface area contributed by atoms with Gasteiger partial charge < -0.3 is 10.1 Å². The highest BCUT2D eigenvalue weighted by Gasteiger charge is 2.18. The molecule has 0 aliphatic heterocycles. The van der Waals surface area contributed by atoms with Crippen molar-refractivity contribution in [1.29, 1.82) is 0 Å². The maximum absolute atomic E-state index is 12.4. The van der Waals surface area contributed by atoms with E-state index in [4.69, 9.17) is 16.3 Å². The van der Waals surface area contributed by atoms with Crippen molar-refractivity contribution >= 4 is 28.3 Å². The van der Waals surface area contributed by atoms with Gasteiger partial charge in [-0.3, -0.25) is 4.79 Å². The number of amides is 1. The zero-order chi connectivity index (χ0) is 17.8. The van der Waals surface area contributed by atoms with Gasteiger partial charge in [0, 0.05) is 5.02 Å². The smallest absolute Gasteiger partial charge is 0.261 e. The molecule has 0 spiro atoms. The molecule has 0 radical (unpaired) electrons. The third kappa shape index (κ3) is 4.31. The maximum Gasteiger partial charge on any atom is 0.261 e. The zero-order valence-corrected chi connectivity index (χ0v) is 15.0. The van der Waals surface area contributed by atoms with Crippen LogP contribution in [0.15, 0.2) is 66.7 Å². The van der Waals surface area contributed by atoms with Gasteiger partial charge in [0.15, 0.2) is 6.10 Å². The monoisotopic (exact) mass is 353 g/mol. The lowest BCUT2D eigenvalue weighted by atomic mass is 10.0. The number of ether oxygens (including phenoxy) is 1. The standard InChI is InChI=1S/C21H20ClNO2/c1-14(17-8-7-16-5-3-4-6-18(16)13-17)23-21(24)15(2)25-20-11-9-19(22)10-12-20/h3-15H,1-2H3,(H,23,24)/t14-,15+/m1/s1. The molecule has 128 valence electrons. The Morgan fingerprint density at radius 3 is 2.36 bits per heavy atom. The van der Waals surface area contributed by atoms with Crippen LogP contribution < -0.4 is 10.1 Å². The highest BCUT2D eigenvalue weighted by molar-refractivity contribution is 6.30. The SMILES string of the molecule is C[C@H](Oc1ccc(Cl)cc1)C(=O)N[C@H](C)c1ccc2ccccc2c1. The Hall–Kier alpha value is -2.52. The number of halogens is 1. The van der Waals surface area contributed by atoms with Crippen LogP contribution in [0.25, 0.3) is 10.8 Å². The molecule has 0 aliphatic carbocycles. The van der Waals surface area contributed by atoms with Gasteiger partial charge in [-0.1, -0.05) is 48.0 Å². The molecule has 0 heterocycles. The van der Waals surface area contributed by atoms with E-state index < -0.39 is 6.10 Å². The summed E-state index contributed by atoms with van der Waals surface area (Å²) in [5.41, 5.74) is 1.06. The first-order valence-corrected chi connectivity index (χ1v) is 8.62. The van der Waals surface area contributed by atoms with Crippen molar-refractivity contribution in [1.82, 2.24) is 5.32 Å². The summed E-state index contributed by atoms with van der Waals surface area (Å²) in [4.78, 5) is 12.4. The van der Waals surface area contributed by atoms with Crippen molar-refractivity contribution in [3.05, 3.63) is 77.3 Å². The lowest BCUT2D eigenvalue weighted by Gasteiger charge is -2.19. The Morgan fingerprint density at radius 1 is 0.960 bits per heavy atom. The van der Waals surface area contributed by atoms with E-state index in [1.165, 1.54) is 5.39 Å². The van der Waals surface area contributed by atoms with Crippen molar-refractivity contribution in [2.24, 2.45) is 0 Å². The van der Waals surface area contributed by atoms with Crippen LogP contribution in [0.1, 0.15) is 25.5 Å². The van der Waals surface area contributed by atoms with E-state index in [9.17, 15) is 4.79 Å². The van der Waals surface area contributed by atoms with E-state index in [1.54, 1.807) is 31.2 Å². The fraction of sp³-hybridized carbons (Fsp3) is 0.190. The molecule has 1 amide bonds. The lowest BCUT2D eigenvalue weighted by Crippen LogP contribution is -2.37. The molecule has 0 bridgehead atoms. The fourth-order valence-electron chi connectivity index (χ4n) is 2.66. The summed E-state index contributed by atoms with van der Waals surface area (Å²) in [5.74, 6) is 0.459. The van der Waals surface area contributed by atoms with E-state index in [-0.39, 0.29) is 11.9 Å². The summed E-state index contributed by atoms with van der Waals surface area (Å²) in [6.45, 7) is 3.70. The summed E-state index contributed by atoms with van der Waals surface area (Å²) >= 11 is 5.85. The number of benzene rings is 3. The molecule has 1 N–H and O–H groups in total. The minimum absolute atomic E-state index is 0.103. The maximum atomic E-state index is 12.4. The van der Waals surface area contributed by atoms with Gasteiger partial charge in [-0.2, -0.15) is 0 Å². The molecule has 0 fully saturated rings. The molecule has 3 aromatic carbocycles. The molecule has 3 nitrogen and oxygen atoms in total. The first-order chi connectivity index (χ1) is 12.0. The van der Waals surface area contributed by atoms with E-state index in [1.807, 2.05) is 25.1 Å². The molecule has 2 atom stereocenters. The Bertz CT molecular complexity index is 876. The molecule has 3 rings (SSSR count). The first kappa shape index (κ1) is 17.3. The molecule has 0 unspecified atom stereocenters. The number of carbonyl (C=O) groups is 1. The second-order valence-corrected chi connectivity index (χ2v) is 6.49. The average Bonchev–Trinajstić information content (AvgIpc) is 2.63. The molecular weight excluding hydrogens is 334 g/mol. The third-order valence-corrected chi connectivity index (χ3v) is 4.38. The molecule has 0 aliphatic rings. The van der Waals surface area contributed by atoms with E-state index >= 15 is 0 Å². The topological polar surface area (TPSA) is 38.3 Å². The largest absolute Gasteiger partial charge is 0.481 e. The second kappa shape index (κ2) is 7.58. The predicted molar refractivity (Wildman–Crippen MR) is 102 cm³/mol. The first-order valence-electron chi connectivity index (χ1n) is 8.24. The number of hydrogen-bond acceptors (Lipinski definition) is 2. The normalized spacial score (nSPS) is 13.2. The quantitative estimate of drug-likeness (QED) is 0.689. The van der Waals surface area contributed by atoms with Crippen LogP contribution in [0.5, 0.6) is 5.75 Å². The van der Waals surface area contributed by atoms with Crippen LogP contribution in [-0.2, 0) is 4.79 Å². The molecule has 4 heteroatoms. The van der Waals surface area contributed by atoms with Crippen molar-refractivity contribution < 1.29 is 9.53 Å². The molecular formula is C21H20ClNO2. The van der Waals surface area contributed by atoms with Gasteiger partial charge in [-0.05, 0) is 60.5 Å². The summed E-state index contributed by atoms with van der Waals surface area (Å²) < 4.78 is 5.67. The van der Waals surface area contributed by atoms with Crippen molar-refractivity contribution in [3.8, 4) is 5.75 Å². The summed E-state index contributed by atoms with van der Waals surface area (Å²) in [5, 5.41) is 5.98. The number of rotatable bonds is 5. The van der Waals surface area contributed by atoms with E-state index in [0.717, 1.165) is 10.9 Å². The van der Waals surface area contributed by atoms with Gasteiger partial charge in [-0.25, -0.2) is 0 Å². The summed E-state index contributed by atoms with van der Waals surface area (Å²) in [6, 6.07) is 21.2. The highest BCUT2D eigenvalue weighted by atomic mass is 35.5. The van der Waals surface area contributed by atoms with Crippen molar-refractivity contribution in [2.45, 2.75) is 26.0 Å². The minimum Gasteiger partial charge on any atom is -0.481 e. The number of nitrogens with one attached hydrogen (secondary N) is 1. The Kier molecular flexibility index (Phi) is 5.25. The zero-order valence-electron chi connectivity index (χ0n) is 14.2. The van der Waals surface area contributed by atoms with Gasteiger partial charge in [0.1, 0.15) is 5.75 Å². The molecule has 0 saturated heterocycles. The van der Waals surface area contributed by atoms with Crippen LogP contribution in [0.2, 0.25) is 5.02 Å². The fourth-order valence-corrected chi connectivity index (χ4v) is 2.79. The van der Waals surface area contributed by atoms with Crippen molar-refractivity contribution in [2.75, 3.05) is 0 Å². The van der Waals surface area contributed by atoms with E-state index in [0.29, 0.717) is 10.8 Å². The average molecular weight is 354 g/mol. The highest BCUT2D eigenvalue weighted by Crippen LogP contribution is 2.21. The van der Waals surface area contributed by atoms with Crippen LogP contribution >= 0.6 is 11.6 Å². The predicted octanol–water partition coefficient (Wildman–Crippen LogP) is 5.14. The molecule has 25 heavy (non-hydrogen) atoms. The lowest BCUT2D eigenvalue weighted by molar-refractivity contribution is -0.127. The van der Waals surface area contributed by atoms with Crippen LogP contribution in [0, 0.1) is 0 Å². The van der Waals surface area contributed by atoms with Crippen LogP contribution in [-0.4, -0.2) is 12.0 Å². The number of hydrogen-bond donors (Lipinski definition) is 1. The van der Waals surface area contributed by atoms with Gasteiger partial charge in [0.25, 0.3) is 5.91 Å². The Labute approximate surface area is 152 Å². The van der Waals surface area contributed by atoms with Gasteiger partial charge in [0.05, 0.1) is 6.04 Å². The Morgan fingerprint density at radius 2 is 1.64 bits per heavy atom. The summed E-state index contributed by atoms with van der Waals surface area (Å²) in [6.07, 6.45) is -0.593. The van der Waals surface area contributed by atoms with E-state index in [2.05, 4.69) is 29.6 Å². The molecule has 0 aromatic heterocycles. The second-order valence-electron chi connectivity index (χ2n) is 6.05. The Balaban J connectivity index is 1.65.